The number of nitrogens with one attached hydrogen (secondary N) is 1. The van der Waals surface area contributed by atoms with Crippen LogP contribution in [0.4, 0.5) is 0 Å². The Bertz CT molecular complexity index is 242. The van der Waals surface area contributed by atoms with Gasteiger partial charge in [0, 0.05) is 6.20 Å². The van der Waals surface area contributed by atoms with Crippen molar-refractivity contribution in [3.63, 3.8) is 0 Å². The van der Waals surface area contributed by atoms with Gasteiger partial charge in [-0.05, 0) is 6.92 Å². The van der Waals surface area contributed by atoms with E-state index in [1.165, 1.54) is 0 Å². The van der Waals surface area contributed by atoms with Gasteiger partial charge in [0.2, 0.25) is 0 Å². The molecule has 0 spiro atoms. The first-order valence-corrected chi connectivity index (χ1v) is 3.61. The topological polar surface area (TPSA) is 50.4 Å². The predicted octanol–water partition coefficient (Wildman–Crippen LogP) is 0.496. The normalized spacial score (nSPS) is 21.7. The van der Waals surface area contributed by atoms with E-state index >= 15 is 0 Å². The molecule has 1 fully saturated rings. The maximum atomic E-state index is 5.26. The highest BCUT2D eigenvalue weighted by molar-refractivity contribution is 5.02. The van der Waals surface area contributed by atoms with Crippen LogP contribution in [0.25, 0.3) is 0 Å². The number of aromatic nitrogens is 2. The van der Waals surface area contributed by atoms with E-state index in [0.717, 1.165) is 12.3 Å². The lowest BCUT2D eigenvalue weighted by molar-refractivity contribution is 0.248. The van der Waals surface area contributed by atoms with Crippen molar-refractivity contribution in [2.24, 2.45) is 0 Å². The van der Waals surface area contributed by atoms with E-state index in [1.807, 2.05) is 13.1 Å². The quantitative estimate of drug-likeness (QED) is 0.645. The van der Waals surface area contributed by atoms with Crippen molar-refractivity contribution >= 4 is 0 Å². The number of nitrogens with zero attached hydrogens (tertiary/aromatic N) is 1. The molecule has 60 valence electrons. The molecule has 0 radical (unpaired) electrons. The highest BCUT2D eigenvalue weighted by atomic mass is 16.6. The lowest BCUT2D eigenvalue weighted by atomic mass is 10.5. The number of H-pyrrole nitrogens is 1. The first kappa shape index (κ1) is 6.67. The van der Waals surface area contributed by atoms with Gasteiger partial charge in [0.1, 0.15) is 12.7 Å². The number of ether oxygens (including phenoxy) is 2. The van der Waals surface area contributed by atoms with E-state index in [4.69, 9.17) is 9.47 Å². The summed E-state index contributed by atoms with van der Waals surface area (Å²) in [6.07, 6.45) is 2.10. The number of hydrogen-bond donors (Lipinski definition) is 1. The summed E-state index contributed by atoms with van der Waals surface area (Å²) in [6, 6.07) is 0.581. The Kier molecular flexibility index (Phi) is 1.54. The summed E-state index contributed by atoms with van der Waals surface area (Å²) in [6.45, 7) is 3.34. The minimum absolute atomic E-state index is 0.292. The van der Waals surface area contributed by atoms with E-state index in [2.05, 4.69) is 9.97 Å². The molecule has 0 aliphatic carbocycles. The van der Waals surface area contributed by atoms with Crippen molar-refractivity contribution in [1.82, 2.24) is 9.97 Å². The van der Waals surface area contributed by atoms with Crippen LogP contribution in [0.15, 0.2) is 6.20 Å². The van der Waals surface area contributed by atoms with Crippen LogP contribution in [-0.2, 0) is 4.74 Å². The predicted molar refractivity (Wildman–Crippen MR) is 38.6 cm³/mol. The maximum Gasteiger partial charge on any atom is 0.293 e. The van der Waals surface area contributed by atoms with E-state index in [9.17, 15) is 0 Å². The van der Waals surface area contributed by atoms with Crippen LogP contribution < -0.4 is 4.74 Å². The summed E-state index contributed by atoms with van der Waals surface area (Å²) in [7, 11) is 0. The average Bonchev–Trinajstić information content (AvgIpc) is 2.72. The second-order valence-electron chi connectivity index (χ2n) is 2.61. The number of aryl methyl sites for hydroxylation is 1. The van der Waals surface area contributed by atoms with Crippen LogP contribution in [0.3, 0.4) is 0 Å². The van der Waals surface area contributed by atoms with Gasteiger partial charge in [-0.25, -0.2) is 4.98 Å². The second kappa shape index (κ2) is 2.54. The summed E-state index contributed by atoms with van der Waals surface area (Å²) < 4.78 is 10.2. The molecule has 4 nitrogen and oxygen atoms in total. The lowest BCUT2D eigenvalue weighted by Gasteiger charge is -1.96. The molecular weight excluding hydrogens is 144 g/mol. The first-order valence-electron chi connectivity index (χ1n) is 3.61. The zero-order valence-corrected chi connectivity index (χ0v) is 6.33. The van der Waals surface area contributed by atoms with Gasteiger partial charge in [-0.2, -0.15) is 0 Å². The van der Waals surface area contributed by atoms with Gasteiger partial charge in [-0.15, -0.1) is 0 Å². The summed E-state index contributed by atoms with van der Waals surface area (Å²) in [5, 5.41) is 0. The molecule has 1 aliphatic heterocycles. The molecule has 0 bridgehead atoms. The summed E-state index contributed by atoms with van der Waals surface area (Å²) in [5.74, 6) is 0. The first-order chi connectivity index (χ1) is 5.34. The van der Waals surface area contributed by atoms with Crippen molar-refractivity contribution in [2.45, 2.75) is 13.0 Å². The van der Waals surface area contributed by atoms with Gasteiger partial charge in [0.05, 0.1) is 12.3 Å². The fourth-order valence-corrected chi connectivity index (χ4v) is 0.801. The maximum absolute atomic E-state index is 5.26. The van der Waals surface area contributed by atoms with Crippen molar-refractivity contribution in [3.05, 3.63) is 11.9 Å². The van der Waals surface area contributed by atoms with Gasteiger partial charge < -0.3 is 14.5 Å². The Hall–Kier alpha value is -1.03. The van der Waals surface area contributed by atoms with Crippen molar-refractivity contribution in [1.29, 1.82) is 0 Å². The third-order valence-corrected chi connectivity index (χ3v) is 1.49. The highest BCUT2D eigenvalue weighted by Gasteiger charge is 2.23. The Morgan fingerprint density at radius 2 is 2.73 bits per heavy atom. The third kappa shape index (κ3) is 1.71. The lowest BCUT2D eigenvalue weighted by Crippen LogP contribution is -2.04. The number of rotatable bonds is 3. The Morgan fingerprint density at radius 3 is 3.27 bits per heavy atom. The van der Waals surface area contributed by atoms with Crippen LogP contribution in [0.5, 0.6) is 6.01 Å². The molecule has 1 saturated heterocycles. The van der Waals surface area contributed by atoms with E-state index in [0.29, 0.717) is 18.7 Å². The molecule has 1 atom stereocenters. The molecule has 2 heterocycles. The second-order valence-corrected chi connectivity index (χ2v) is 2.61. The van der Waals surface area contributed by atoms with Crippen molar-refractivity contribution < 1.29 is 9.47 Å². The molecule has 2 rings (SSSR count). The summed E-state index contributed by atoms with van der Waals surface area (Å²) in [4.78, 5) is 6.98. The molecule has 1 N–H and O–H groups in total. The van der Waals surface area contributed by atoms with Gasteiger partial charge in [-0.3, -0.25) is 0 Å². The molecule has 0 saturated carbocycles. The Morgan fingerprint density at radius 1 is 1.91 bits per heavy atom. The monoisotopic (exact) mass is 154 g/mol. The van der Waals surface area contributed by atoms with Crippen LogP contribution >= 0.6 is 0 Å². The number of imidazole rings is 1. The van der Waals surface area contributed by atoms with Crippen molar-refractivity contribution in [2.75, 3.05) is 13.2 Å². The zero-order chi connectivity index (χ0) is 7.68. The van der Waals surface area contributed by atoms with Crippen molar-refractivity contribution in [3.8, 4) is 6.01 Å². The third-order valence-electron chi connectivity index (χ3n) is 1.49. The minimum atomic E-state index is 0.292. The molecule has 1 aromatic heterocycles. The SMILES string of the molecule is Cc1c[nH]c(OCC2CO2)n1. The van der Waals surface area contributed by atoms with E-state index in [1.54, 1.807) is 0 Å². The van der Waals surface area contributed by atoms with Crippen LogP contribution in [0.2, 0.25) is 0 Å². The minimum Gasteiger partial charge on any atom is -0.462 e. The van der Waals surface area contributed by atoms with Crippen LogP contribution in [0.1, 0.15) is 5.69 Å². The molecule has 0 aromatic carbocycles. The fraction of sp³-hybridized carbons (Fsp3) is 0.571. The smallest absolute Gasteiger partial charge is 0.293 e. The molecule has 11 heavy (non-hydrogen) atoms. The van der Waals surface area contributed by atoms with E-state index in [-0.39, 0.29) is 0 Å². The summed E-state index contributed by atoms with van der Waals surface area (Å²) >= 11 is 0. The highest BCUT2D eigenvalue weighted by Crippen LogP contribution is 2.11. The Balaban J connectivity index is 1.85. The molecular formula is C7H10N2O2. The molecule has 1 aromatic rings. The Labute approximate surface area is 64.5 Å². The number of hydrogen-bond acceptors (Lipinski definition) is 3. The zero-order valence-electron chi connectivity index (χ0n) is 6.33. The van der Waals surface area contributed by atoms with Gasteiger partial charge in [-0.1, -0.05) is 0 Å². The van der Waals surface area contributed by atoms with E-state index < -0.39 is 0 Å². The summed E-state index contributed by atoms with van der Waals surface area (Å²) in [5.41, 5.74) is 0.941. The average molecular weight is 154 g/mol. The van der Waals surface area contributed by atoms with Crippen LogP contribution in [0, 0.1) is 6.92 Å². The fourth-order valence-electron chi connectivity index (χ4n) is 0.801. The van der Waals surface area contributed by atoms with Gasteiger partial charge in [0.15, 0.2) is 0 Å². The molecule has 1 unspecified atom stereocenters. The van der Waals surface area contributed by atoms with Gasteiger partial charge in [0.25, 0.3) is 6.01 Å². The number of aromatic amines is 1. The molecule has 4 heteroatoms. The molecule has 0 amide bonds. The molecule has 1 aliphatic rings. The largest absolute Gasteiger partial charge is 0.462 e. The van der Waals surface area contributed by atoms with Gasteiger partial charge >= 0.3 is 0 Å². The standard InChI is InChI=1S/C7H10N2O2/c1-5-2-8-7(9-5)11-4-6-3-10-6/h2,6H,3-4H2,1H3,(H,8,9). The van der Waals surface area contributed by atoms with Crippen LogP contribution in [-0.4, -0.2) is 29.3 Å². The number of epoxide rings is 1.